The first-order chi connectivity index (χ1) is 12.2. The number of benzene rings is 1. The van der Waals surface area contributed by atoms with Crippen molar-refractivity contribution in [2.24, 2.45) is 4.99 Å². The maximum absolute atomic E-state index is 6.47. The third kappa shape index (κ3) is 3.67. The van der Waals surface area contributed by atoms with Gasteiger partial charge in [-0.25, -0.2) is 4.98 Å². The molecule has 0 unspecified atom stereocenters. The van der Waals surface area contributed by atoms with Crippen LogP contribution < -0.4 is 5.32 Å². The molecule has 0 aliphatic carbocycles. The molecule has 0 saturated carbocycles. The lowest BCUT2D eigenvalue weighted by Crippen LogP contribution is -2.04. The fourth-order valence-corrected chi connectivity index (χ4v) is 3.90. The van der Waals surface area contributed by atoms with E-state index < -0.39 is 0 Å². The Kier molecular flexibility index (Phi) is 4.68. The molecule has 3 heterocycles. The number of nitrogens with one attached hydrogen (secondary N) is 1. The summed E-state index contributed by atoms with van der Waals surface area (Å²) in [6, 6.07) is 12.6. The predicted molar refractivity (Wildman–Crippen MR) is 107 cm³/mol. The van der Waals surface area contributed by atoms with Crippen molar-refractivity contribution in [2.45, 2.75) is 19.8 Å². The standard InChI is InChI=1S/C19H19ClN4S/c1-13-8-10-24-17(12-13)23-16(18(24)20)7-4-14-2-5-15(6-3-14)22-19-21-9-11-25-19/h2-3,5-6,8,10,12H,4,7,9,11H2,1H3,(H,21,22). The zero-order chi connectivity index (χ0) is 17.2. The van der Waals surface area contributed by atoms with Crippen LogP contribution in [0.3, 0.4) is 0 Å². The molecular weight excluding hydrogens is 352 g/mol. The van der Waals surface area contributed by atoms with Crippen LogP contribution in [0.1, 0.15) is 16.8 Å². The first-order valence-electron chi connectivity index (χ1n) is 8.35. The Morgan fingerprint density at radius 3 is 2.80 bits per heavy atom. The predicted octanol–water partition coefficient (Wildman–Crippen LogP) is 4.60. The normalized spacial score (nSPS) is 14.1. The van der Waals surface area contributed by atoms with Crippen molar-refractivity contribution < 1.29 is 0 Å². The lowest BCUT2D eigenvalue weighted by Gasteiger charge is -2.06. The minimum Gasteiger partial charge on any atom is -0.335 e. The molecule has 0 bridgehead atoms. The molecule has 4 rings (SSSR count). The highest BCUT2D eigenvalue weighted by Gasteiger charge is 2.11. The van der Waals surface area contributed by atoms with Crippen molar-refractivity contribution in [3.63, 3.8) is 0 Å². The summed E-state index contributed by atoms with van der Waals surface area (Å²) >= 11 is 8.24. The molecule has 2 aromatic heterocycles. The van der Waals surface area contributed by atoms with E-state index in [0.717, 1.165) is 47.3 Å². The molecule has 6 heteroatoms. The van der Waals surface area contributed by atoms with Crippen molar-refractivity contribution in [1.29, 1.82) is 0 Å². The van der Waals surface area contributed by atoms with Gasteiger partial charge in [-0.15, -0.1) is 0 Å². The number of thioether (sulfide) groups is 1. The molecule has 0 saturated heterocycles. The van der Waals surface area contributed by atoms with Gasteiger partial charge in [0.2, 0.25) is 0 Å². The van der Waals surface area contributed by atoms with E-state index in [4.69, 9.17) is 11.6 Å². The summed E-state index contributed by atoms with van der Waals surface area (Å²) < 4.78 is 1.94. The molecule has 3 aromatic rings. The smallest absolute Gasteiger partial charge is 0.161 e. The molecule has 0 fully saturated rings. The van der Waals surface area contributed by atoms with Crippen molar-refractivity contribution in [3.8, 4) is 0 Å². The van der Waals surface area contributed by atoms with Gasteiger partial charge in [0.05, 0.1) is 12.2 Å². The van der Waals surface area contributed by atoms with Crippen LogP contribution in [0.2, 0.25) is 5.15 Å². The van der Waals surface area contributed by atoms with Crippen molar-refractivity contribution in [1.82, 2.24) is 9.38 Å². The van der Waals surface area contributed by atoms with E-state index in [1.54, 1.807) is 11.8 Å². The number of amidine groups is 1. The Balaban J connectivity index is 1.43. The van der Waals surface area contributed by atoms with Crippen molar-refractivity contribution >= 4 is 39.9 Å². The zero-order valence-corrected chi connectivity index (χ0v) is 15.6. The summed E-state index contributed by atoms with van der Waals surface area (Å²) in [7, 11) is 0. The van der Waals surface area contributed by atoms with Gasteiger partial charge >= 0.3 is 0 Å². The third-order valence-electron chi connectivity index (χ3n) is 4.23. The van der Waals surface area contributed by atoms with Crippen molar-refractivity contribution in [3.05, 3.63) is 64.6 Å². The van der Waals surface area contributed by atoms with Gasteiger partial charge < -0.3 is 5.32 Å². The van der Waals surface area contributed by atoms with Crippen LogP contribution in [0.5, 0.6) is 0 Å². The Morgan fingerprint density at radius 1 is 1.20 bits per heavy atom. The quantitative estimate of drug-likeness (QED) is 0.730. The number of pyridine rings is 1. The van der Waals surface area contributed by atoms with Crippen LogP contribution in [0.15, 0.2) is 47.6 Å². The number of halogens is 1. The van der Waals surface area contributed by atoms with Gasteiger partial charge in [-0.2, -0.15) is 0 Å². The highest BCUT2D eigenvalue weighted by Crippen LogP contribution is 2.22. The van der Waals surface area contributed by atoms with Gasteiger partial charge in [0.25, 0.3) is 0 Å². The van der Waals surface area contributed by atoms with E-state index >= 15 is 0 Å². The van der Waals surface area contributed by atoms with Crippen LogP contribution in [0.25, 0.3) is 5.65 Å². The summed E-state index contributed by atoms with van der Waals surface area (Å²) in [4.78, 5) is 9.08. The van der Waals surface area contributed by atoms with Crippen LogP contribution >= 0.6 is 23.4 Å². The number of fused-ring (bicyclic) bond motifs is 1. The topological polar surface area (TPSA) is 41.7 Å². The number of hydrogen-bond acceptors (Lipinski definition) is 4. The number of aryl methyl sites for hydroxylation is 3. The fourth-order valence-electron chi connectivity index (χ4n) is 2.88. The van der Waals surface area contributed by atoms with Crippen LogP contribution in [-0.2, 0) is 12.8 Å². The third-order valence-corrected chi connectivity index (χ3v) is 5.52. The highest BCUT2D eigenvalue weighted by atomic mass is 35.5. The molecule has 4 nitrogen and oxygen atoms in total. The van der Waals surface area contributed by atoms with E-state index in [9.17, 15) is 0 Å². The molecule has 1 aliphatic heterocycles. The number of imidazole rings is 1. The minimum atomic E-state index is 0.713. The van der Waals surface area contributed by atoms with E-state index in [0.29, 0.717) is 5.15 Å². The highest BCUT2D eigenvalue weighted by molar-refractivity contribution is 8.14. The van der Waals surface area contributed by atoms with Gasteiger partial charge in [-0.05, 0) is 55.2 Å². The largest absolute Gasteiger partial charge is 0.335 e. The molecule has 128 valence electrons. The molecule has 1 N–H and O–H groups in total. The molecule has 0 amide bonds. The van der Waals surface area contributed by atoms with Gasteiger partial charge in [0.1, 0.15) is 10.8 Å². The van der Waals surface area contributed by atoms with Gasteiger partial charge in [0.15, 0.2) is 5.17 Å². The van der Waals surface area contributed by atoms with Gasteiger partial charge in [0, 0.05) is 17.6 Å². The average Bonchev–Trinajstić information content (AvgIpc) is 3.22. The molecule has 0 spiro atoms. The summed E-state index contributed by atoms with van der Waals surface area (Å²) in [6.07, 6.45) is 3.72. The summed E-state index contributed by atoms with van der Waals surface area (Å²) in [5, 5.41) is 5.08. The average molecular weight is 371 g/mol. The Bertz CT molecular complexity index is 930. The SMILES string of the molecule is Cc1ccn2c(Cl)c(CCc3ccc(NC4=NCCS4)cc3)nc2c1. The lowest BCUT2D eigenvalue weighted by molar-refractivity contribution is 0.928. The number of aliphatic imine (C=N–C) groups is 1. The monoisotopic (exact) mass is 370 g/mol. The van der Waals surface area contributed by atoms with Gasteiger partial charge in [-0.3, -0.25) is 9.39 Å². The number of anilines is 1. The second kappa shape index (κ2) is 7.10. The summed E-state index contributed by atoms with van der Waals surface area (Å²) in [5.74, 6) is 1.07. The fraction of sp³-hybridized carbons (Fsp3) is 0.263. The van der Waals surface area contributed by atoms with E-state index in [1.807, 2.05) is 16.7 Å². The second-order valence-corrected chi connectivity index (χ2v) is 7.58. The number of rotatable bonds is 4. The second-order valence-electron chi connectivity index (χ2n) is 6.14. The molecule has 25 heavy (non-hydrogen) atoms. The first-order valence-corrected chi connectivity index (χ1v) is 9.72. The molecular formula is C19H19ClN4S. The molecule has 0 radical (unpaired) electrons. The Labute approximate surface area is 156 Å². The summed E-state index contributed by atoms with van der Waals surface area (Å²) in [6.45, 7) is 2.97. The number of nitrogens with zero attached hydrogens (tertiary/aromatic N) is 3. The van der Waals surface area contributed by atoms with Crippen LogP contribution in [0, 0.1) is 6.92 Å². The lowest BCUT2D eigenvalue weighted by atomic mass is 10.1. The maximum atomic E-state index is 6.47. The van der Waals surface area contributed by atoms with Crippen molar-refractivity contribution in [2.75, 3.05) is 17.6 Å². The van der Waals surface area contributed by atoms with Crippen LogP contribution in [-0.4, -0.2) is 26.8 Å². The molecule has 1 aromatic carbocycles. The maximum Gasteiger partial charge on any atom is 0.161 e. The van der Waals surface area contributed by atoms with E-state index in [1.165, 1.54) is 11.1 Å². The van der Waals surface area contributed by atoms with E-state index in [2.05, 4.69) is 52.5 Å². The Morgan fingerprint density at radius 2 is 2.04 bits per heavy atom. The van der Waals surface area contributed by atoms with Crippen LogP contribution in [0.4, 0.5) is 5.69 Å². The molecule has 1 aliphatic rings. The molecule has 0 atom stereocenters. The Hall–Kier alpha value is -1.98. The number of aromatic nitrogens is 2. The van der Waals surface area contributed by atoms with E-state index in [-0.39, 0.29) is 0 Å². The first kappa shape index (κ1) is 16.5. The minimum absolute atomic E-state index is 0.713. The zero-order valence-electron chi connectivity index (χ0n) is 14.0. The summed E-state index contributed by atoms with van der Waals surface area (Å²) in [5.41, 5.74) is 5.41. The number of hydrogen-bond donors (Lipinski definition) is 1. The van der Waals surface area contributed by atoms with Gasteiger partial charge in [-0.1, -0.05) is 35.5 Å².